The van der Waals surface area contributed by atoms with Gasteiger partial charge in [0.05, 0.1) is 0 Å². The Kier molecular flexibility index (Phi) is 2.94. The largest absolute Gasteiger partial charge is 0.396 e. The van der Waals surface area contributed by atoms with Gasteiger partial charge in [-0.15, -0.1) is 0 Å². The SMILES string of the molecule is C[C@@H](CCO)C1=CCCC1. The lowest BCUT2D eigenvalue weighted by Gasteiger charge is -2.09. The zero-order valence-electron chi connectivity index (χ0n) is 6.64. The molecular formula is C9H16O. The fraction of sp³-hybridized carbons (Fsp3) is 0.778. The van der Waals surface area contributed by atoms with E-state index >= 15 is 0 Å². The monoisotopic (exact) mass is 140 g/mol. The van der Waals surface area contributed by atoms with E-state index in [1.165, 1.54) is 19.3 Å². The Morgan fingerprint density at radius 3 is 3.00 bits per heavy atom. The number of allylic oxidation sites excluding steroid dienone is 2. The summed E-state index contributed by atoms with van der Waals surface area (Å²) in [4.78, 5) is 0. The van der Waals surface area contributed by atoms with Crippen LogP contribution in [0.3, 0.4) is 0 Å². The minimum atomic E-state index is 0.332. The summed E-state index contributed by atoms with van der Waals surface area (Å²) in [7, 11) is 0. The second-order valence-corrected chi connectivity index (χ2v) is 3.08. The standard InChI is InChI=1S/C9H16O/c1-8(6-7-10)9-4-2-3-5-9/h4,8,10H,2-3,5-7H2,1H3/t8-/m0/s1. The van der Waals surface area contributed by atoms with Crippen LogP contribution in [0.5, 0.6) is 0 Å². The summed E-state index contributed by atoms with van der Waals surface area (Å²) < 4.78 is 0. The zero-order chi connectivity index (χ0) is 7.40. The quantitative estimate of drug-likeness (QED) is 0.595. The van der Waals surface area contributed by atoms with Gasteiger partial charge >= 0.3 is 0 Å². The third kappa shape index (κ3) is 1.84. The van der Waals surface area contributed by atoms with Crippen LogP contribution >= 0.6 is 0 Å². The second kappa shape index (κ2) is 3.77. The summed E-state index contributed by atoms with van der Waals surface area (Å²) in [6.07, 6.45) is 7.11. The van der Waals surface area contributed by atoms with E-state index in [4.69, 9.17) is 5.11 Å². The molecular weight excluding hydrogens is 124 g/mol. The van der Waals surface area contributed by atoms with Crippen molar-refractivity contribution >= 4 is 0 Å². The average molecular weight is 140 g/mol. The Hall–Kier alpha value is -0.300. The summed E-state index contributed by atoms with van der Waals surface area (Å²) in [5.74, 6) is 0.618. The highest BCUT2D eigenvalue weighted by Crippen LogP contribution is 2.26. The third-order valence-electron chi connectivity index (χ3n) is 2.27. The van der Waals surface area contributed by atoms with Gasteiger partial charge in [0, 0.05) is 6.61 Å². The maximum atomic E-state index is 8.67. The first-order valence-corrected chi connectivity index (χ1v) is 4.14. The molecule has 0 saturated heterocycles. The van der Waals surface area contributed by atoms with Crippen molar-refractivity contribution in [3.8, 4) is 0 Å². The van der Waals surface area contributed by atoms with E-state index in [1.54, 1.807) is 5.57 Å². The topological polar surface area (TPSA) is 20.2 Å². The Balaban J connectivity index is 2.32. The Bertz CT molecular complexity index is 127. The molecule has 0 spiro atoms. The minimum absolute atomic E-state index is 0.332. The van der Waals surface area contributed by atoms with Gasteiger partial charge in [0.2, 0.25) is 0 Å². The molecule has 1 atom stereocenters. The summed E-state index contributed by atoms with van der Waals surface area (Å²) in [5, 5.41) is 8.67. The van der Waals surface area contributed by atoms with Gasteiger partial charge < -0.3 is 5.11 Å². The van der Waals surface area contributed by atoms with E-state index in [-0.39, 0.29) is 0 Å². The van der Waals surface area contributed by atoms with Crippen LogP contribution in [-0.4, -0.2) is 11.7 Å². The van der Waals surface area contributed by atoms with Crippen LogP contribution in [0, 0.1) is 5.92 Å². The van der Waals surface area contributed by atoms with E-state index in [9.17, 15) is 0 Å². The maximum Gasteiger partial charge on any atom is 0.0436 e. The van der Waals surface area contributed by atoms with E-state index in [0.29, 0.717) is 12.5 Å². The van der Waals surface area contributed by atoms with E-state index < -0.39 is 0 Å². The van der Waals surface area contributed by atoms with Gasteiger partial charge in [0.15, 0.2) is 0 Å². The Labute approximate surface area is 62.8 Å². The number of hydrogen-bond donors (Lipinski definition) is 1. The molecule has 0 fully saturated rings. The molecule has 0 aromatic carbocycles. The normalized spacial score (nSPS) is 20.8. The molecule has 0 saturated carbocycles. The molecule has 0 amide bonds. The van der Waals surface area contributed by atoms with E-state index in [2.05, 4.69) is 13.0 Å². The molecule has 0 aromatic rings. The van der Waals surface area contributed by atoms with Crippen LogP contribution in [0.4, 0.5) is 0 Å². The van der Waals surface area contributed by atoms with Gasteiger partial charge in [-0.2, -0.15) is 0 Å². The number of aliphatic hydroxyl groups excluding tert-OH is 1. The van der Waals surface area contributed by atoms with Crippen molar-refractivity contribution in [1.29, 1.82) is 0 Å². The lowest BCUT2D eigenvalue weighted by Crippen LogP contribution is -1.99. The molecule has 1 rings (SSSR count). The predicted octanol–water partition coefficient (Wildman–Crippen LogP) is 2.12. The molecule has 1 heteroatoms. The summed E-state index contributed by atoms with van der Waals surface area (Å²) in [5.41, 5.74) is 1.56. The Morgan fingerprint density at radius 2 is 2.50 bits per heavy atom. The van der Waals surface area contributed by atoms with Gasteiger partial charge in [-0.25, -0.2) is 0 Å². The van der Waals surface area contributed by atoms with Crippen molar-refractivity contribution < 1.29 is 5.11 Å². The number of aliphatic hydroxyl groups is 1. The van der Waals surface area contributed by atoms with Crippen molar-refractivity contribution in [2.45, 2.75) is 32.6 Å². The number of hydrogen-bond acceptors (Lipinski definition) is 1. The molecule has 1 aliphatic carbocycles. The Morgan fingerprint density at radius 1 is 1.70 bits per heavy atom. The molecule has 0 bridgehead atoms. The predicted molar refractivity (Wildman–Crippen MR) is 42.8 cm³/mol. The molecule has 1 N–H and O–H groups in total. The lowest BCUT2D eigenvalue weighted by atomic mass is 9.98. The lowest BCUT2D eigenvalue weighted by molar-refractivity contribution is 0.270. The number of rotatable bonds is 3. The van der Waals surface area contributed by atoms with Crippen LogP contribution in [0.2, 0.25) is 0 Å². The fourth-order valence-electron chi connectivity index (χ4n) is 1.52. The zero-order valence-corrected chi connectivity index (χ0v) is 6.64. The molecule has 1 nitrogen and oxygen atoms in total. The summed E-state index contributed by atoms with van der Waals surface area (Å²) >= 11 is 0. The fourth-order valence-corrected chi connectivity index (χ4v) is 1.52. The van der Waals surface area contributed by atoms with Crippen LogP contribution in [0.1, 0.15) is 32.6 Å². The van der Waals surface area contributed by atoms with Crippen molar-refractivity contribution in [3.63, 3.8) is 0 Å². The third-order valence-corrected chi connectivity index (χ3v) is 2.27. The highest BCUT2D eigenvalue weighted by molar-refractivity contribution is 5.10. The van der Waals surface area contributed by atoms with Gasteiger partial charge in [-0.3, -0.25) is 0 Å². The smallest absolute Gasteiger partial charge is 0.0436 e. The molecule has 0 unspecified atom stereocenters. The van der Waals surface area contributed by atoms with Crippen LogP contribution < -0.4 is 0 Å². The second-order valence-electron chi connectivity index (χ2n) is 3.08. The van der Waals surface area contributed by atoms with Crippen molar-refractivity contribution in [2.24, 2.45) is 5.92 Å². The first-order chi connectivity index (χ1) is 4.84. The highest BCUT2D eigenvalue weighted by Gasteiger charge is 2.10. The van der Waals surface area contributed by atoms with E-state index in [1.807, 2.05) is 0 Å². The van der Waals surface area contributed by atoms with Crippen molar-refractivity contribution in [2.75, 3.05) is 6.61 Å². The van der Waals surface area contributed by atoms with Crippen LogP contribution in [0.15, 0.2) is 11.6 Å². The van der Waals surface area contributed by atoms with E-state index in [0.717, 1.165) is 6.42 Å². The van der Waals surface area contributed by atoms with Gasteiger partial charge in [-0.05, 0) is 31.6 Å². The van der Waals surface area contributed by atoms with Gasteiger partial charge in [-0.1, -0.05) is 18.6 Å². The van der Waals surface area contributed by atoms with Crippen molar-refractivity contribution in [3.05, 3.63) is 11.6 Å². The average Bonchev–Trinajstić information content (AvgIpc) is 2.38. The molecule has 58 valence electrons. The molecule has 0 radical (unpaired) electrons. The van der Waals surface area contributed by atoms with Crippen LogP contribution in [-0.2, 0) is 0 Å². The molecule has 0 heterocycles. The molecule has 10 heavy (non-hydrogen) atoms. The first kappa shape index (κ1) is 7.80. The maximum absolute atomic E-state index is 8.67. The van der Waals surface area contributed by atoms with Crippen LogP contribution in [0.25, 0.3) is 0 Å². The highest BCUT2D eigenvalue weighted by atomic mass is 16.3. The van der Waals surface area contributed by atoms with Crippen molar-refractivity contribution in [1.82, 2.24) is 0 Å². The summed E-state index contributed by atoms with van der Waals surface area (Å²) in [6, 6.07) is 0. The summed E-state index contributed by atoms with van der Waals surface area (Å²) in [6.45, 7) is 2.53. The first-order valence-electron chi connectivity index (χ1n) is 4.14. The molecule has 0 aliphatic heterocycles. The molecule has 0 aromatic heterocycles. The van der Waals surface area contributed by atoms with Gasteiger partial charge in [0.25, 0.3) is 0 Å². The minimum Gasteiger partial charge on any atom is -0.396 e. The van der Waals surface area contributed by atoms with Gasteiger partial charge in [0.1, 0.15) is 0 Å². The molecule has 1 aliphatic rings.